The lowest BCUT2D eigenvalue weighted by atomic mass is 9.78. The number of benzene rings is 1. The Morgan fingerprint density at radius 1 is 1.24 bits per heavy atom. The summed E-state index contributed by atoms with van der Waals surface area (Å²) in [4.78, 5) is 20.5. The van der Waals surface area contributed by atoms with Gasteiger partial charge >= 0.3 is 12.1 Å². The Morgan fingerprint density at radius 3 is 2.62 bits per heavy atom. The molecule has 0 bridgehead atoms. The number of hydrogen-bond acceptors (Lipinski definition) is 4. The van der Waals surface area contributed by atoms with E-state index in [-0.39, 0.29) is 30.9 Å². The van der Waals surface area contributed by atoms with E-state index in [2.05, 4.69) is 17.1 Å². The van der Waals surface area contributed by atoms with Crippen molar-refractivity contribution in [3.8, 4) is 0 Å². The molecule has 5 nitrogen and oxygen atoms in total. The van der Waals surface area contributed by atoms with Crippen LogP contribution in [0, 0.1) is 5.41 Å². The van der Waals surface area contributed by atoms with E-state index in [1.807, 2.05) is 19.1 Å². The highest BCUT2D eigenvalue weighted by molar-refractivity contribution is 5.98. The summed E-state index contributed by atoms with van der Waals surface area (Å²) in [6.07, 6.45) is 7.46. The van der Waals surface area contributed by atoms with E-state index in [0.29, 0.717) is 16.8 Å². The lowest BCUT2D eigenvalue weighted by Gasteiger charge is -2.30. The Balaban J connectivity index is 1.67. The van der Waals surface area contributed by atoms with Crippen LogP contribution >= 0.6 is 0 Å². The smallest absolute Gasteiger partial charge is 0.416 e. The van der Waals surface area contributed by atoms with Gasteiger partial charge in [-0.25, -0.2) is 0 Å². The van der Waals surface area contributed by atoms with Crippen LogP contribution in [0.5, 0.6) is 0 Å². The second-order valence-corrected chi connectivity index (χ2v) is 10.3. The minimum atomic E-state index is -4.41. The summed E-state index contributed by atoms with van der Waals surface area (Å²) >= 11 is 0. The fraction of sp³-hybridized carbons (Fsp3) is 0.552. The molecule has 1 aromatic carbocycles. The van der Waals surface area contributed by atoms with E-state index >= 15 is 0 Å². The van der Waals surface area contributed by atoms with Gasteiger partial charge in [0.05, 0.1) is 17.7 Å². The molecule has 1 unspecified atom stereocenters. The molecule has 202 valence electrons. The van der Waals surface area contributed by atoms with Gasteiger partial charge in [0.15, 0.2) is 0 Å². The molecule has 0 heterocycles. The Bertz CT molecular complexity index is 1080. The van der Waals surface area contributed by atoms with Crippen LogP contribution in [-0.2, 0) is 15.8 Å². The first-order valence-corrected chi connectivity index (χ1v) is 13.0. The van der Waals surface area contributed by atoms with E-state index in [0.717, 1.165) is 50.5 Å². The zero-order valence-electron chi connectivity index (χ0n) is 21.9. The average Bonchev–Trinajstić information content (AvgIpc) is 2.86. The van der Waals surface area contributed by atoms with Gasteiger partial charge in [-0.3, -0.25) is 9.79 Å². The molecule has 1 saturated carbocycles. The van der Waals surface area contributed by atoms with Gasteiger partial charge in [0, 0.05) is 18.2 Å². The second kappa shape index (κ2) is 12.6. The molecule has 37 heavy (non-hydrogen) atoms. The standard InChI is InChI=1S/C29H37F3N2O3/c1-4-21-17-28(3,14-12-24(21)18-33-15-13-27(35)36)19-37-34-20(2)23-10-11-25(22-8-6-5-7-9-22)26(16-23)29(30,31)32/h10-12,14,16,18,22H,4-9,13,15,17,19H2,1-3H3,(H,35,36)/b33-18?,34-20+. The predicted molar refractivity (Wildman–Crippen MR) is 140 cm³/mol. The molecule has 0 aliphatic heterocycles. The van der Waals surface area contributed by atoms with Gasteiger partial charge in [-0.15, -0.1) is 0 Å². The van der Waals surface area contributed by atoms with Crippen molar-refractivity contribution >= 4 is 17.9 Å². The van der Waals surface area contributed by atoms with E-state index < -0.39 is 17.7 Å². The van der Waals surface area contributed by atoms with Gasteiger partial charge < -0.3 is 9.94 Å². The summed E-state index contributed by atoms with van der Waals surface area (Å²) in [6, 6.07) is 4.55. The molecule has 0 spiro atoms. The van der Waals surface area contributed by atoms with Gasteiger partial charge in [-0.2, -0.15) is 13.2 Å². The third-order valence-corrected chi connectivity index (χ3v) is 7.22. The first kappa shape index (κ1) is 28.7. The highest BCUT2D eigenvalue weighted by Crippen LogP contribution is 2.41. The number of carbonyl (C=O) groups is 1. The fourth-order valence-corrected chi connectivity index (χ4v) is 5.07. The quantitative estimate of drug-likeness (QED) is 0.255. The molecule has 2 aliphatic carbocycles. The lowest BCUT2D eigenvalue weighted by molar-refractivity contribution is -0.138. The van der Waals surface area contributed by atoms with Crippen molar-refractivity contribution in [2.45, 2.75) is 84.2 Å². The molecule has 3 rings (SSSR count). The van der Waals surface area contributed by atoms with Gasteiger partial charge in [0.25, 0.3) is 0 Å². The van der Waals surface area contributed by atoms with Crippen LogP contribution in [0.4, 0.5) is 13.2 Å². The summed E-state index contributed by atoms with van der Waals surface area (Å²) in [7, 11) is 0. The molecule has 0 radical (unpaired) electrons. The number of alkyl halides is 3. The number of aliphatic imine (C=N–C) groups is 1. The molecule has 0 aromatic heterocycles. The van der Waals surface area contributed by atoms with Crippen LogP contribution < -0.4 is 0 Å². The first-order chi connectivity index (χ1) is 17.5. The van der Waals surface area contributed by atoms with Crippen LogP contribution in [0.2, 0.25) is 0 Å². The maximum atomic E-state index is 13.9. The maximum Gasteiger partial charge on any atom is 0.416 e. The van der Waals surface area contributed by atoms with Crippen LogP contribution in [0.1, 0.15) is 94.7 Å². The van der Waals surface area contributed by atoms with Crippen molar-refractivity contribution in [1.29, 1.82) is 0 Å². The molecule has 2 aliphatic rings. The molecule has 0 saturated heterocycles. The van der Waals surface area contributed by atoms with Crippen LogP contribution in [0.25, 0.3) is 0 Å². The van der Waals surface area contributed by atoms with Crippen molar-refractivity contribution in [3.63, 3.8) is 0 Å². The number of nitrogens with zero attached hydrogens (tertiary/aromatic N) is 2. The number of oxime groups is 1. The number of aliphatic carboxylic acids is 1. The monoisotopic (exact) mass is 518 g/mol. The minimum Gasteiger partial charge on any atom is -0.481 e. The molecule has 0 amide bonds. The van der Waals surface area contributed by atoms with Gasteiger partial charge in [-0.1, -0.05) is 68.1 Å². The van der Waals surface area contributed by atoms with Crippen molar-refractivity contribution in [3.05, 3.63) is 58.2 Å². The summed E-state index contributed by atoms with van der Waals surface area (Å²) in [5, 5.41) is 12.9. The van der Waals surface area contributed by atoms with E-state index in [4.69, 9.17) is 9.94 Å². The van der Waals surface area contributed by atoms with Crippen molar-refractivity contribution in [2.24, 2.45) is 15.6 Å². The van der Waals surface area contributed by atoms with Gasteiger partial charge in [0.2, 0.25) is 0 Å². The van der Waals surface area contributed by atoms with Gasteiger partial charge in [0.1, 0.15) is 6.61 Å². The Hall–Kier alpha value is -2.90. The number of carboxylic acid groups (broad SMARTS) is 1. The zero-order chi connectivity index (χ0) is 27.1. The normalized spacial score (nSPS) is 21.6. The predicted octanol–water partition coefficient (Wildman–Crippen LogP) is 7.71. The number of rotatable bonds is 10. The third-order valence-electron chi connectivity index (χ3n) is 7.22. The highest BCUT2D eigenvalue weighted by Gasteiger charge is 2.36. The zero-order valence-corrected chi connectivity index (χ0v) is 21.9. The maximum absolute atomic E-state index is 13.9. The molecule has 1 fully saturated rings. The van der Waals surface area contributed by atoms with Crippen LogP contribution in [0.3, 0.4) is 0 Å². The topological polar surface area (TPSA) is 71.2 Å². The average molecular weight is 519 g/mol. The lowest BCUT2D eigenvalue weighted by Crippen LogP contribution is -2.24. The highest BCUT2D eigenvalue weighted by atomic mass is 19.4. The second-order valence-electron chi connectivity index (χ2n) is 10.3. The van der Waals surface area contributed by atoms with E-state index in [1.54, 1.807) is 25.3 Å². The molecule has 1 atom stereocenters. The first-order valence-electron chi connectivity index (χ1n) is 13.0. The number of hydrogen-bond donors (Lipinski definition) is 1. The molecule has 1 N–H and O–H groups in total. The van der Waals surface area contributed by atoms with E-state index in [9.17, 15) is 18.0 Å². The summed E-state index contributed by atoms with van der Waals surface area (Å²) in [5.74, 6) is -0.921. The van der Waals surface area contributed by atoms with Crippen molar-refractivity contribution in [1.82, 2.24) is 0 Å². The van der Waals surface area contributed by atoms with Crippen molar-refractivity contribution < 1.29 is 27.9 Å². The minimum absolute atomic E-state index is 0.00830. The SMILES string of the molecule is CCC1=C(C=NCCC(=O)O)C=CC(C)(CO/N=C(\C)c2ccc(C3CCCCC3)c(C(F)(F)F)c2)C1. The fourth-order valence-electron chi connectivity index (χ4n) is 5.07. The van der Waals surface area contributed by atoms with E-state index in [1.165, 1.54) is 11.6 Å². The summed E-state index contributed by atoms with van der Waals surface area (Å²) in [5.41, 5.74) is 2.47. The molecular formula is C29H37F3N2O3. The number of halogens is 3. The Kier molecular flexibility index (Phi) is 9.74. The largest absolute Gasteiger partial charge is 0.481 e. The van der Waals surface area contributed by atoms with Crippen LogP contribution in [-0.4, -0.2) is 36.2 Å². The number of allylic oxidation sites excluding steroid dienone is 3. The number of carboxylic acids is 1. The molecular weight excluding hydrogens is 481 g/mol. The Labute approximate surface area is 217 Å². The van der Waals surface area contributed by atoms with Gasteiger partial charge in [-0.05, 0) is 61.3 Å². The van der Waals surface area contributed by atoms with Crippen LogP contribution in [0.15, 0.2) is 51.6 Å². The Morgan fingerprint density at radius 2 is 1.97 bits per heavy atom. The third kappa shape index (κ3) is 8.04. The van der Waals surface area contributed by atoms with Crippen molar-refractivity contribution in [2.75, 3.05) is 13.2 Å². The molecule has 1 aromatic rings. The summed E-state index contributed by atoms with van der Waals surface area (Å²) < 4.78 is 41.7. The summed E-state index contributed by atoms with van der Waals surface area (Å²) in [6.45, 7) is 6.27. The molecule has 8 heteroatoms.